The monoisotopic (exact) mass is 326 g/mol. The van der Waals surface area contributed by atoms with Gasteiger partial charge in [-0.1, -0.05) is 5.16 Å². The van der Waals surface area contributed by atoms with E-state index in [-0.39, 0.29) is 18.3 Å². The van der Waals surface area contributed by atoms with Crippen LogP contribution in [0.2, 0.25) is 0 Å². The molecule has 1 aromatic rings. The van der Waals surface area contributed by atoms with Crippen LogP contribution in [-0.2, 0) is 0 Å². The predicted octanol–water partition coefficient (Wildman–Crippen LogP) is 1.09. The fraction of sp³-hybridized carbons (Fsp3) is 0.733. The fourth-order valence-electron chi connectivity index (χ4n) is 3.38. The first-order chi connectivity index (χ1) is 10.3. The molecule has 0 spiro atoms. The molecule has 0 aromatic carbocycles. The number of piperazine rings is 1. The van der Waals surface area contributed by atoms with Gasteiger partial charge in [-0.15, -0.1) is 12.4 Å². The van der Waals surface area contributed by atoms with Crippen molar-refractivity contribution in [2.75, 3.05) is 39.3 Å². The lowest BCUT2D eigenvalue weighted by Crippen LogP contribution is -2.49. The predicted molar refractivity (Wildman–Crippen MR) is 84.5 cm³/mol. The molecule has 1 saturated carbocycles. The third kappa shape index (κ3) is 3.14. The smallest absolute Gasteiger partial charge is 0.276 e. The second kappa shape index (κ2) is 6.56. The number of carbonyl (C=O) groups is 1. The summed E-state index contributed by atoms with van der Waals surface area (Å²) in [4.78, 5) is 16.9. The van der Waals surface area contributed by atoms with E-state index < -0.39 is 0 Å². The highest BCUT2D eigenvalue weighted by Gasteiger charge is 2.34. The Labute approximate surface area is 136 Å². The van der Waals surface area contributed by atoms with Gasteiger partial charge in [0.05, 0.1) is 0 Å². The molecular weight excluding hydrogens is 304 g/mol. The van der Waals surface area contributed by atoms with Crippen LogP contribution >= 0.6 is 12.4 Å². The third-order valence-electron chi connectivity index (χ3n) is 4.85. The molecule has 4 rings (SSSR count). The molecule has 3 fully saturated rings. The van der Waals surface area contributed by atoms with Crippen LogP contribution in [0.25, 0.3) is 0 Å². The maximum absolute atomic E-state index is 12.5. The minimum absolute atomic E-state index is 0. The molecular formula is C15H23ClN4O2. The summed E-state index contributed by atoms with van der Waals surface area (Å²) in [7, 11) is 0. The van der Waals surface area contributed by atoms with E-state index in [1.807, 2.05) is 11.0 Å². The molecule has 2 saturated heterocycles. The summed E-state index contributed by atoms with van der Waals surface area (Å²) in [6.07, 6.45) is 3.40. The Morgan fingerprint density at radius 1 is 1.23 bits per heavy atom. The van der Waals surface area contributed by atoms with E-state index in [9.17, 15) is 4.79 Å². The molecule has 1 N–H and O–H groups in total. The summed E-state index contributed by atoms with van der Waals surface area (Å²) in [6.45, 7) is 5.94. The zero-order chi connectivity index (χ0) is 14.2. The van der Waals surface area contributed by atoms with Crippen LogP contribution in [0.4, 0.5) is 0 Å². The molecule has 1 atom stereocenters. The van der Waals surface area contributed by atoms with Gasteiger partial charge >= 0.3 is 0 Å². The van der Waals surface area contributed by atoms with Crippen molar-refractivity contribution in [1.29, 1.82) is 0 Å². The standard InChI is InChI=1S/C15H22N4O2.ClH/c20-15(13-9-14(21-17-13)11-1-2-11)19-6-3-12(10-19)18-7-4-16-5-8-18;/h9,11-12,16H,1-8,10H2;1H. The maximum Gasteiger partial charge on any atom is 0.276 e. The number of nitrogens with zero attached hydrogens (tertiary/aromatic N) is 3. The number of carbonyl (C=O) groups excluding carboxylic acids is 1. The number of aromatic nitrogens is 1. The molecule has 6 nitrogen and oxygen atoms in total. The number of nitrogens with one attached hydrogen (secondary N) is 1. The molecule has 0 bridgehead atoms. The summed E-state index contributed by atoms with van der Waals surface area (Å²) >= 11 is 0. The minimum atomic E-state index is 0. The zero-order valence-corrected chi connectivity index (χ0v) is 13.5. The highest BCUT2D eigenvalue weighted by molar-refractivity contribution is 5.92. The molecule has 2 aliphatic heterocycles. The van der Waals surface area contributed by atoms with E-state index in [1.54, 1.807) is 0 Å². The summed E-state index contributed by atoms with van der Waals surface area (Å²) in [5.41, 5.74) is 0.484. The summed E-state index contributed by atoms with van der Waals surface area (Å²) in [6, 6.07) is 2.35. The van der Waals surface area contributed by atoms with Crippen LogP contribution in [-0.4, -0.2) is 66.2 Å². The average Bonchev–Trinajstić information content (AvgIpc) is 3.06. The van der Waals surface area contributed by atoms with E-state index in [1.165, 1.54) is 0 Å². The average molecular weight is 327 g/mol. The van der Waals surface area contributed by atoms with Crippen molar-refractivity contribution < 1.29 is 9.32 Å². The molecule has 3 aliphatic rings. The number of likely N-dealkylation sites (tertiary alicyclic amines) is 1. The molecule has 1 aliphatic carbocycles. The molecule has 122 valence electrons. The first-order valence-electron chi connectivity index (χ1n) is 8.02. The first-order valence-corrected chi connectivity index (χ1v) is 8.02. The molecule has 1 aromatic heterocycles. The van der Waals surface area contributed by atoms with Crippen molar-refractivity contribution in [3.63, 3.8) is 0 Å². The van der Waals surface area contributed by atoms with Crippen molar-refractivity contribution >= 4 is 18.3 Å². The Balaban J connectivity index is 0.00000144. The number of hydrogen-bond acceptors (Lipinski definition) is 5. The van der Waals surface area contributed by atoms with E-state index in [0.717, 1.165) is 64.3 Å². The Bertz CT molecular complexity index is 525. The second-order valence-corrected chi connectivity index (χ2v) is 6.37. The van der Waals surface area contributed by atoms with Crippen molar-refractivity contribution in [3.05, 3.63) is 17.5 Å². The maximum atomic E-state index is 12.5. The zero-order valence-electron chi connectivity index (χ0n) is 12.7. The van der Waals surface area contributed by atoms with Crippen molar-refractivity contribution in [3.8, 4) is 0 Å². The van der Waals surface area contributed by atoms with Gasteiger partial charge in [0.15, 0.2) is 5.69 Å². The van der Waals surface area contributed by atoms with Crippen molar-refractivity contribution in [2.24, 2.45) is 0 Å². The largest absolute Gasteiger partial charge is 0.360 e. The highest BCUT2D eigenvalue weighted by atomic mass is 35.5. The van der Waals surface area contributed by atoms with E-state index in [2.05, 4.69) is 15.4 Å². The Morgan fingerprint density at radius 2 is 2.00 bits per heavy atom. The summed E-state index contributed by atoms with van der Waals surface area (Å²) < 4.78 is 5.30. The van der Waals surface area contributed by atoms with Crippen LogP contribution < -0.4 is 5.32 Å². The first kappa shape index (κ1) is 15.8. The van der Waals surface area contributed by atoms with Crippen LogP contribution in [0, 0.1) is 0 Å². The summed E-state index contributed by atoms with van der Waals surface area (Å²) in [5, 5.41) is 7.34. The quantitative estimate of drug-likeness (QED) is 0.901. The van der Waals surface area contributed by atoms with Crippen molar-refractivity contribution in [2.45, 2.75) is 31.2 Å². The SMILES string of the molecule is Cl.O=C(c1cc(C2CC2)on1)N1CCC(N2CCNCC2)C1. The van der Waals surface area contributed by atoms with Crippen LogP contribution in [0.3, 0.4) is 0 Å². The van der Waals surface area contributed by atoms with E-state index >= 15 is 0 Å². The lowest BCUT2D eigenvalue weighted by atomic mass is 10.2. The van der Waals surface area contributed by atoms with Gasteiger partial charge in [-0.2, -0.15) is 0 Å². The normalized spacial score (nSPS) is 26.0. The van der Waals surface area contributed by atoms with Gasteiger partial charge in [-0.25, -0.2) is 0 Å². The van der Waals surface area contributed by atoms with E-state index in [4.69, 9.17) is 4.52 Å². The minimum Gasteiger partial charge on any atom is -0.360 e. The lowest BCUT2D eigenvalue weighted by Gasteiger charge is -2.32. The van der Waals surface area contributed by atoms with Crippen molar-refractivity contribution in [1.82, 2.24) is 20.3 Å². The lowest BCUT2D eigenvalue weighted by molar-refractivity contribution is 0.0763. The number of halogens is 1. The topological polar surface area (TPSA) is 61.6 Å². The molecule has 1 unspecified atom stereocenters. The second-order valence-electron chi connectivity index (χ2n) is 6.37. The Hall–Kier alpha value is -1.11. The fourth-order valence-corrected chi connectivity index (χ4v) is 3.38. The van der Waals surface area contributed by atoms with Gasteiger partial charge in [0.25, 0.3) is 5.91 Å². The molecule has 3 heterocycles. The van der Waals surface area contributed by atoms with Crippen LogP contribution in [0.15, 0.2) is 10.6 Å². The van der Waals surface area contributed by atoms with Crippen LogP contribution in [0.1, 0.15) is 41.4 Å². The number of amides is 1. The molecule has 7 heteroatoms. The Morgan fingerprint density at radius 3 is 2.73 bits per heavy atom. The Kier molecular flexibility index (Phi) is 4.70. The van der Waals surface area contributed by atoms with Gasteiger partial charge in [0.1, 0.15) is 5.76 Å². The highest BCUT2D eigenvalue weighted by Crippen LogP contribution is 2.40. The molecule has 22 heavy (non-hydrogen) atoms. The number of rotatable bonds is 3. The summed E-state index contributed by atoms with van der Waals surface area (Å²) in [5.74, 6) is 1.42. The molecule has 0 radical (unpaired) electrons. The van der Waals surface area contributed by atoms with Gasteiger partial charge in [0.2, 0.25) is 0 Å². The van der Waals surface area contributed by atoms with Gasteiger partial charge < -0.3 is 14.7 Å². The van der Waals surface area contributed by atoms with Gasteiger partial charge in [0, 0.05) is 57.3 Å². The third-order valence-corrected chi connectivity index (χ3v) is 4.85. The van der Waals surface area contributed by atoms with Gasteiger partial charge in [-0.3, -0.25) is 9.69 Å². The van der Waals surface area contributed by atoms with Gasteiger partial charge in [-0.05, 0) is 19.3 Å². The van der Waals surface area contributed by atoms with E-state index in [0.29, 0.717) is 17.7 Å². The number of hydrogen-bond donors (Lipinski definition) is 1. The molecule has 1 amide bonds. The van der Waals surface area contributed by atoms with Crippen LogP contribution in [0.5, 0.6) is 0 Å².